The van der Waals surface area contributed by atoms with Crippen LogP contribution in [-0.4, -0.2) is 36.8 Å². The van der Waals surface area contributed by atoms with Crippen molar-refractivity contribution in [3.05, 3.63) is 45.7 Å². The number of nitrogens with zero attached hydrogens (tertiary/aromatic N) is 4. The first-order chi connectivity index (χ1) is 14.6. The highest BCUT2D eigenvalue weighted by atomic mass is 32.2. The van der Waals surface area contributed by atoms with Gasteiger partial charge in [-0.05, 0) is 46.2 Å². The lowest BCUT2D eigenvalue weighted by Gasteiger charge is -2.11. The molecule has 3 rings (SSSR count). The molecule has 0 saturated carbocycles. The SMILES string of the molecule is Cc1ccc(NC(=O)Cc2nnc(S[C@@H](C)C(=O)Nc3nc(C)c(C)s3)n2C)c(C)c1. The number of thiazole rings is 1. The summed E-state index contributed by atoms with van der Waals surface area (Å²) < 4.78 is 1.74. The lowest BCUT2D eigenvalue weighted by molar-refractivity contribution is -0.116. The van der Waals surface area contributed by atoms with Gasteiger partial charge in [0.2, 0.25) is 11.8 Å². The van der Waals surface area contributed by atoms with E-state index in [0.29, 0.717) is 16.1 Å². The third-order valence-corrected chi connectivity index (χ3v) is 6.93. The van der Waals surface area contributed by atoms with Gasteiger partial charge in [0.05, 0.1) is 17.4 Å². The minimum Gasteiger partial charge on any atom is -0.325 e. The number of rotatable bonds is 7. The van der Waals surface area contributed by atoms with Gasteiger partial charge < -0.3 is 15.2 Å². The molecule has 2 N–H and O–H groups in total. The molecule has 164 valence electrons. The van der Waals surface area contributed by atoms with Crippen molar-refractivity contribution in [2.75, 3.05) is 10.6 Å². The topological polar surface area (TPSA) is 102 Å². The van der Waals surface area contributed by atoms with Crippen molar-refractivity contribution >= 4 is 45.7 Å². The zero-order valence-electron chi connectivity index (χ0n) is 18.4. The Morgan fingerprint density at radius 3 is 2.55 bits per heavy atom. The molecule has 3 aromatic rings. The van der Waals surface area contributed by atoms with Crippen LogP contribution in [0.3, 0.4) is 0 Å². The van der Waals surface area contributed by atoms with Crippen LogP contribution in [0.1, 0.15) is 34.4 Å². The molecule has 31 heavy (non-hydrogen) atoms. The largest absolute Gasteiger partial charge is 0.325 e. The standard InChI is InChI=1S/C21H26N6O2S2/c1-11-7-8-16(12(2)9-11)23-18(28)10-17-25-26-21(27(17)6)31-15(5)19(29)24-20-22-13(3)14(4)30-20/h7-9,15H,10H2,1-6H3,(H,23,28)(H,22,24,29)/t15-/m0/s1. The molecule has 2 heterocycles. The molecule has 1 aromatic carbocycles. The van der Waals surface area contributed by atoms with Crippen LogP contribution in [0.2, 0.25) is 0 Å². The van der Waals surface area contributed by atoms with Crippen molar-refractivity contribution in [1.82, 2.24) is 19.7 Å². The number of anilines is 2. The quantitative estimate of drug-likeness (QED) is 0.522. The van der Waals surface area contributed by atoms with Crippen molar-refractivity contribution < 1.29 is 9.59 Å². The normalized spacial score (nSPS) is 11.9. The molecule has 0 aliphatic rings. The van der Waals surface area contributed by atoms with Gasteiger partial charge in [-0.2, -0.15) is 0 Å². The summed E-state index contributed by atoms with van der Waals surface area (Å²) in [4.78, 5) is 30.4. The number of benzene rings is 1. The summed E-state index contributed by atoms with van der Waals surface area (Å²) in [5.74, 6) is 0.207. The summed E-state index contributed by atoms with van der Waals surface area (Å²) in [5.41, 5.74) is 3.85. The number of carbonyl (C=O) groups excluding carboxylic acids is 2. The maximum Gasteiger partial charge on any atom is 0.239 e. The molecule has 0 fully saturated rings. The number of carbonyl (C=O) groups is 2. The van der Waals surface area contributed by atoms with E-state index in [1.807, 2.05) is 45.9 Å². The maximum absolute atomic E-state index is 12.5. The lowest BCUT2D eigenvalue weighted by atomic mass is 10.1. The molecule has 0 spiro atoms. The Hall–Kier alpha value is -2.72. The Morgan fingerprint density at radius 1 is 1.16 bits per heavy atom. The Bertz CT molecular complexity index is 1100. The number of nitrogens with one attached hydrogen (secondary N) is 2. The van der Waals surface area contributed by atoms with Crippen molar-refractivity contribution in [2.45, 2.75) is 51.4 Å². The Labute approximate surface area is 189 Å². The van der Waals surface area contributed by atoms with Crippen molar-refractivity contribution in [1.29, 1.82) is 0 Å². The van der Waals surface area contributed by atoms with Crippen LogP contribution >= 0.6 is 23.1 Å². The molecule has 0 aliphatic carbocycles. The predicted molar refractivity (Wildman–Crippen MR) is 125 cm³/mol. The predicted octanol–water partition coefficient (Wildman–Crippen LogP) is 3.81. The molecule has 0 aliphatic heterocycles. The Balaban J connectivity index is 1.59. The van der Waals surface area contributed by atoms with Gasteiger partial charge in [-0.1, -0.05) is 29.5 Å². The first-order valence-electron chi connectivity index (χ1n) is 9.81. The Morgan fingerprint density at radius 2 is 1.90 bits per heavy atom. The third-order valence-electron chi connectivity index (χ3n) is 4.81. The number of hydrogen-bond acceptors (Lipinski definition) is 7. The second-order valence-electron chi connectivity index (χ2n) is 7.41. The summed E-state index contributed by atoms with van der Waals surface area (Å²) >= 11 is 2.74. The van der Waals surface area contributed by atoms with E-state index in [-0.39, 0.29) is 18.2 Å². The van der Waals surface area contributed by atoms with Gasteiger partial charge in [-0.3, -0.25) is 9.59 Å². The highest BCUT2D eigenvalue weighted by Crippen LogP contribution is 2.25. The average Bonchev–Trinajstić information content (AvgIpc) is 3.19. The van der Waals surface area contributed by atoms with Crippen molar-refractivity contribution in [3.8, 4) is 0 Å². The summed E-state index contributed by atoms with van der Waals surface area (Å²) in [6, 6.07) is 5.88. The minimum absolute atomic E-state index is 0.0929. The molecular weight excluding hydrogens is 432 g/mol. The molecule has 0 unspecified atom stereocenters. The average molecular weight is 459 g/mol. The second kappa shape index (κ2) is 9.61. The van der Waals surface area contributed by atoms with E-state index in [4.69, 9.17) is 0 Å². The van der Waals surface area contributed by atoms with E-state index in [1.54, 1.807) is 18.5 Å². The summed E-state index contributed by atoms with van der Waals surface area (Å²) in [6.45, 7) is 9.65. The molecule has 2 aromatic heterocycles. The van der Waals surface area contributed by atoms with Crippen LogP contribution in [0.4, 0.5) is 10.8 Å². The smallest absolute Gasteiger partial charge is 0.239 e. The molecule has 1 atom stereocenters. The summed E-state index contributed by atoms with van der Waals surface area (Å²) in [7, 11) is 1.79. The fourth-order valence-corrected chi connectivity index (χ4v) is 4.49. The van der Waals surface area contributed by atoms with E-state index in [1.165, 1.54) is 23.1 Å². The van der Waals surface area contributed by atoms with Crippen molar-refractivity contribution in [2.24, 2.45) is 7.05 Å². The molecular formula is C21H26N6O2S2. The highest BCUT2D eigenvalue weighted by Gasteiger charge is 2.21. The van der Waals surface area contributed by atoms with Gasteiger partial charge in [-0.25, -0.2) is 4.98 Å². The van der Waals surface area contributed by atoms with Gasteiger partial charge in [0.15, 0.2) is 10.3 Å². The minimum atomic E-state index is -0.399. The monoisotopic (exact) mass is 458 g/mol. The molecule has 0 radical (unpaired) electrons. The number of aromatic nitrogens is 4. The summed E-state index contributed by atoms with van der Waals surface area (Å²) in [5, 5.41) is 14.8. The first kappa shape index (κ1) is 23.0. The fourth-order valence-electron chi connectivity index (χ4n) is 2.84. The molecule has 0 bridgehead atoms. The molecule has 2 amide bonds. The maximum atomic E-state index is 12.5. The first-order valence-corrected chi connectivity index (χ1v) is 11.5. The number of thioether (sulfide) groups is 1. The van der Waals surface area contributed by atoms with Gasteiger partial charge >= 0.3 is 0 Å². The number of aryl methyl sites for hydroxylation is 4. The van der Waals surface area contributed by atoms with Crippen LogP contribution in [0.5, 0.6) is 0 Å². The summed E-state index contributed by atoms with van der Waals surface area (Å²) in [6.07, 6.45) is 0.0929. The van der Waals surface area contributed by atoms with E-state index in [9.17, 15) is 9.59 Å². The van der Waals surface area contributed by atoms with Gasteiger partial charge in [0.1, 0.15) is 5.82 Å². The van der Waals surface area contributed by atoms with Crippen LogP contribution in [-0.2, 0) is 23.1 Å². The van der Waals surface area contributed by atoms with Crippen molar-refractivity contribution in [3.63, 3.8) is 0 Å². The van der Waals surface area contributed by atoms with E-state index in [2.05, 4.69) is 25.8 Å². The fraction of sp³-hybridized carbons (Fsp3) is 0.381. The molecule has 10 heteroatoms. The van der Waals surface area contributed by atoms with E-state index >= 15 is 0 Å². The van der Waals surface area contributed by atoms with Crippen LogP contribution in [0.15, 0.2) is 23.4 Å². The number of amides is 2. The van der Waals surface area contributed by atoms with Gasteiger partial charge in [0.25, 0.3) is 0 Å². The zero-order chi connectivity index (χ0) is 22.7. The van der Waals surface area contributed by atoms with Crippen LogP contribution in [0.25, 0.3) is 0 Å². The zero-order valence-corrected chi connectivity index (χ0v) is 20.1. The van der Waals surface area contributed by atoms with Crippen LogP contribution in [0, 0.1) is 27.7 Å². The van der Waals surface area contributed by atoms with E-state index in [0.717, 1.165) is 27.4 Å². The second-order valence-corrected chi connectivity index (χ2v) is 9.92. The third kappa shape index (κ3) is 5.71. The lowest BCUT2D eigenvalue weighted by Crippen LogP contribution is -2.23. The van der Waals surface area contributed by atoms with Gasteiger partial charge in [0, 0.05) is 17.6 Å². The Kier molecular flexibility index (Phi) is 7.11. The molecule has 8 nitrogen and oxygen atoms in total. The van der Waals surface area contributed by atoms with Gasteiger partial charge in [-0.15, -0.1) is 21.5 Å². The number of hydrogen-bond donors (Lipinski definition) is 2. The highest BCUT2D eigenvalue weighted by molar-refractivity contribution is 8.00. The van der Waals surface area contributed by atoms with Crippen LogP contribution < -0.4 is 10.6 Å². The van der Waals surface area contributed by atoms with E-state index < -0.39 is 5.25 Å². The molecule has 0 saturated heterocycles.